The van der Waals surface area contributed by atoms with Gasteiger partial charge in [-0.15, -0.1) is 0 Å². The number of halogens is 3. The monoisotopic (exact) mass is 290 g/mol. The highest BCUT2D eigenvalue weighted by molar-refractivity contribution is 7.99. The zero-order valence-electron chi connectivity index (χ0n) is 10.7. The molecular weight excluding hydrogens is 273 g/mol. The molecule has 1 aliphatic heterocycles. The van der Waals surface area contributed by atoms with Gasteiger partial charge in [-0.2, -0.15) is 11.8 Å². The Morgan fingerprint density at radius 1 is 1.32 bits per heavy atom. The number of hydrogen-bond donors (Lipinski definition) is 1. The van der Waals surface area contributed by atoms with Gasteiger partial charge in [0.05, 0.1) is 6.04 Å². The van der Waals surface area contributed by atoms with E-state index in [1.165, 1.54) is 0 Å². The standard InChI is InChI=1S/C13H17F3N2S/c1-18(8-2-3-19-7-8)13(6-17)9-4-11(15)12(16)5-10(9)14/h4-5,8,13H,2-3,6-7,17H2,1H3. The highest BCUT2D eigenvalue weighted by atomic mass is 32.2. The van der Waals surface area contributed by atoms with Crippen molar-refractivity contribution in [3.8, 4) is 0 Å². The number of nitrogens with zero attached hydrogens (tertiary/aromatic N) is 1. The van der Waals surface area contributed by atoms with Gasteiger partial charge < -0.3 is 5.73 Å². The van der Waals surface area contributed by atoms with E-state index >= 15 is 0 Å². The Balaban J connectivity index is 2.28. The smallest absolute Gasteiger partial charge is 0.161 e. The second-order valence-corrected chi connectivity index (χ2v) is 5.87. The van der Waals surface area contributed by atoms with Crippen LogP contribution in [-0.4, -0.2) is 36.0 Å². The summed E-state index contributed by atoms with van der Waals surface area (Å²) in [5.74, 6) is -0.933. The second kappa shape index (κ2) is 6.15. The SMILES string of the molecule is CN(C1CCSC1)C(CN)c1cc(F)c(F)cc1F. The predicted octanol–water partition coefficient (Wildman–Crippen LogP) is 2.54. The molecule has 0 spiro atoms. The lowest BCUT2D eigenvalue weighted by Gasteiger charge is -2.32. The molecule has 1 fully saturated rings. The number of rotatable bonds is 4. The van der Waals surface area contributed by atoms with Crippen LogP contribution in [0.15, 0.2) is 12.1 Å². The fraction of sp³-hybridized carbons (Fsp3) is 0.538. The van der Waals surface area contributed by atoms with Gasteiger partial charge in [0.25, 0.3) is 0 Å². The molecule has 0 aliphatic carbocycles. The summed E-state index contributed by atoms with van der Waals surface area (Å²) in [7, 11) is 1.86. The Labute approximate surface area is 115 Å². The van der Waals surface area contributed by atoms with Crippen molar-refractivity contribution < 1.29 is 13.2 Å². The summed E-state index contributed by atoms with van der Waals surface area (Å²) in [5.41, 5.74) is 5.82. The Bertz CT molecular complexity index is 450. The van der Waals surface area contributed by atoms with Crippen LogP contribution < -0.4 is 5.73 Å². The lowest BCUT2D eigenvalue weighted by Crippen LogP contribution is -2.39. The summed E-state index contributed by atoms with van der Waals surface area (Å²) in [4.78, 5) is 1.97. The molecule has 0 saturated carbocycles. The molecule has 1 heterocycles. The van der Waals surface area contributed by atoms with Crippen LogP contribution in [0.25, 0.3) is 0 Å². The minimum atomic E-state index is -1.17. The van der Waals surface area contributed by atoms with E-state index in [9.17, 15) is 13.2 Å². The number of nitrogens with two attached hydrogens (primary N) is 1. The van der Waals surface area contributed by atoms with Crippen LogP contribution in [0, 0.1) is 17.5 Å². The van der Waals surface area contributed by atoms with E-state index in [4.69, 9.17) is 5.73 Å². The highest BCUT2D eigenvalue weighted by Gasteiger charge is 2.28. The Kier molecular flexibility index (Phi) is 4.76. The molecule has 2 atom stereocenters. The van der Waals surface area contributed by atoms with Crippen LogP contribution in [-0.2, 0) is 0 Å². The molecule has 106 valence electrons. The van der Waals surface area contributed by atoms with Crippen LogP contribution in [0.5, 0.6) is 0 Å². The number of likely N-dealkylation sites (N-methyl/N-ethyl adjacent to an activating group) is 1. The normalized spacial score (nSPS) is 21.1. The van der Waals surface area contributed by atoms with Crippen molar-refractivity contribution in [1.29, 1.82) is 0 Å². The van der Waals surface area contributed by atoms with Gasteiger partial charge in [-0.3, -0.25) is 4.90 Å². The van der Waals surface area contributed by atoms with Crippen molar-refractivity contribution in [2.24, 2.45) is 5.73 Å². The van der Waals surface area contributed by atoms with Gasteiger partial charge in [-0.25, -0.2) is 13.2 Å². The molecule has 6 heteroatoms. The van der Waals surface area contributed by atoms with E-state index in [0.29, 0.717) is 12.1 Å². The van der Waals surface area contributed by atoms with Gasteiger partial charge in [0, 0.05) is 30.0 Å². The maximum absolute atomic E-state index is 13.8. The molecule has 2 N–H and O–H groups in total. The Morgan fingerprint density at radius 3 is 2.58 bits per heavy atom. The molecule has 2 rings (SSSR count). The average Bonchev–Trinajstić information content (AvgIpc) is 2.90. The summed E-state index contributed by atoms with van der Waals surface area (Å²) in [5, 5.41) is 0. The number of thioether (sulfide) groups is 1. The molecule has 1 aromatic rings. The zero-order chi connectivity index (χ0) is 14.0. The predicted molar refractivity (Wildman–Crippen MR) is 71.6 cm³/mol. The lowest BCUT2D eigenvalue weighted by atomic mass is 10.0. The van der Waals surface area contributed by atoms with E-state index in [-0.39, 0.29) is 12.1 Å². The van der Waals surface area contributed by atoms with E-state index in [0.717, 1.165) is 24.0 Å². The van der Waals surface area contributed by atoms with Crippen LogP contribution in [0.1, 0.15) is 18.0 Å². The molecule has 19 heavy (non-hydrogen) atoms. The minimum absolute atomic E-state index is 0.126. The third-order valence-corrected chi connectivity index (χ3v) is 4.74. The van der Waals surface area contributed by atoms with Gasteiger partial charge in [0.1, 0.15) is 5.82 Å². The molecule has 1 aromatic carbocycles. The number of hydrogen-bond acceptors (Lipinski definition) is 3. The van der Waals surface area contributed by atoms with Crippen molar-refractivity contribution in [1.82, 2.24) is 4.90 Å². The first-order valence-electron chi connectivity index (χ1n) is 6.18. The largest absolute Gasteiger partial charge is 0.329 e. The lowest BCUT2D eigenvalue weighted by molar-refractivity contribution is 0.188. The molecule has 2 nitrogen and oxygen atoms in total. The average molecular weight is 290 g/mol. The minimum Gasteiger partial charge on any atom is -0.329 e. The Hall–Kier alpha value is -0.720. The maximum atomic E-state index is 13.8. The van der Waals surface area contributed by atoms with Crippen LogP contribution in [0.3, 0.4) is 0 Å². The van der Waals surface area contributed by atoms with Crippen LogP contribution >= 0.6 is 11.8 Å². The molecular formula is C13H17F3N2S. The summed E-state index contributed by atoms with van der Waals surface area (Å²) in [6, 6.07) is 1.37. The first-order valence-corrected chi connectivity index (χ1v) is 7.34. The summed E-state index contributed by atoms with van der Waals surface area (Å²) in [6.45, 7) is 0.166. The van der Waals surface area contributed by atoms with Gasteiger partial charge >= 0.3 is 0 Å². The van der Waals surface area contributed by atoms with Crippen LogP contribution in [0.2, 0.25) is 0 Å². The number of benzene rings is 1. The van der Waals surface area contributed by atoms with Gasteiger partial charge in [-0.05, 0) is 25.3 Å². The van der Waals surface area contributed by atoms with Gasteiger partial charge in [0.2, 0.25) is 0 Å². The molecule has 2 unspecified atom stereocenters. The third-order valence-electron chi connectivity index (χ3n) is 3.60. The molecule has 0 aromatic heterocycles. The van der Waals surface area contributed by atoms with Gasteiger partial charge in [-0.1, -0.05) is 0 Å². The quantitative estimate of drug-likeness (QED) is 0.864. The second-order valence-electron chi connectivity index (χ2n) is 4.72. The molecule has 1 aliphatic rings. The van der Waals surface area contributed by atoms with Crippen molar-refractivity contribution in [2.45, 2.75) is 18.5 Å². The van der Waals surface area contributed by atoms with Crippen molar-refractivity contribution in [2.75, 3.05) is 25.1 Å². The third kappa shape index (κ3) is 3.07. The summed E-state index contributed by atoms with van der Waals surface area (Å²) < 4.78 is 40.1. The van der Waals surface area contributed by atoms with Crippen molar-refractivity contribution >= 4 is 11.8 Å². The van der Waals surface area contributed by atoms with Crippen molar-refractivity contribution in [3.63, 3.8) is 0 Å². The first kappa shape index (κ1) is 14.7. The fourth-order valence-corrected chi connectivity index (χ4v) is 3.68. The topological polar surface area (TPSA) is 29.3 Å². The fourth-order valence-electron chi connectivity index (χ4n) is 2.40. The van der Waals surface area contributed by atoms with E-state index in [1.54, 1.807) is 0 Å². The maximum Gasteiger partial charge on any atom is 0.161 e. The van der Waals surface area contributed by atoms with E-state index < -0.39 is 23.5 Å². The molecule has 1 saturated heterocycles. The van der Waals surface area contributed by atoms with Crippen molar-refractivity contribution in [3.05, 3.63) is 35.1 Å². The van der Waals surface area contributed by atoms with E-state index in [1.807, 2.05) is 23.7 Å². The summed E-state index contributed by atoms with van der Waals surface area (Å²) in [6.07, 6.45) is 1.00. The first-order chi connectivity index (χ1) is 9.04. The Morgan fingerprint density at radius 2 is 2.00 bits per heavy atom. The molecule has 0 amide bonds. The summed E-state index contributed by atoms with van der Waals surface area (Å²) >= 11 is 1.83. The van der Waals surface area contributed by atoms with E-state index in [2.05, 4.69) is 0 Å². The highest BCUT2D eigenvalue weighted by Crippen LogP contribution is 2.30. The molecule has 0 radical (unpaired) electrons. The van der Waals surface area contributed by atoms with Crippen LogP contribution in [0.4, 0.5) is 13.2 Å². The molecule has 0 bridgehead atoms. The van der Waals surface area contributed by atoms with Gasteiger partial charge in [0.15, 0.2) is 11.6 Å². The zero-order valence-corrected chi connectivity index (χ0v) is 11.5.